The van der Waals surface area contributed by atoms with Gasteiger partial charge in [0, 0.05) is 37.3 Å². The van der Waals surface area contributed by atoms with Crippen molar-refractivity contribution in [1.29, 1.82) is 0 Å². The van der Waals surface area contributed by atoms with E-state index < -0.39 is 0 Å². The normalized spacial score (nSPS) is 20.2. The van der Waals surface area contributed by atoms with E-state index in [0.29, 0.717) is 12.3 Å². The van der Waals surface area contributed by atoms with Gasteiger partial charge in [-0.3, -0.25) is 9.69 Å². The third-order valence-electron chi connectivity index (χ3n) is 5.08. The largest absolute Gasteiger partial charge is 0.351 e. The van der Waals surface area contributed by atoms with Crippen molar-refractivity contribution in [3.05, 3.63) is 51.5 Å². The number of thiazole rings is 1. The molecule has 1 amide bonds. The minimum Gasteiger partial charge on any atom is -0.351 e. The van der Waals surface area contributed by atoms with Crippen LogP contribution in [0.1, 0.15) is 42.1 Å². The second kappa shape index (κ2) is 10.4. The van der Waals surface area contributed by atoms with Crippen molar-refractivity contribution in [3.63, 3.8) is 0 Å². The molecule has 0 aliphatic carbocycles. The lowest BCUT2D eigenvalue weighted by atomic mass is 9.91. The average molecular weight is 418 g/mol. The molecule has 1 aliphatic heterocycles. The molecule has 1 aliphatic rings. The van der Waals surface area contributed by atoms with Crippen LogP contribution < -0.4 is 5.32 Å². The number of thioether (sulfide) groups is 1. The third kappa shape index (κ3) is 6.61. The molecule has 0 saturated carbocycles. The van der Waals surface area contributed by atoms with Gasteiger partial charge in [-0.2, -0.15) is 0 Å². The fourth-order valence-corrected chi connectivity index (χ4v) is 5.48. The minimum atomic E-state index is 0.0898. The molecule has 0 radical (unpaired) electrons. The first-order valence-electron chi connectivity index (χ1n) is 10.0. The van der Waals surface area contributed by atoms with E-state index in [-0.39, 0.29) is 5.91 Å². The van der Waals surface area contributed by atoms with Gasteiger partial charge >= 0.3 is 0 Å². The standard InChI is InChI=1S/C22H31N3OS2/c1-16-8-17(2)11-25(10-16)12-20-7-5-4-6-19(20)9-23-22(26)15-27-13-21-14-28-18(3)24-21/h4-7,14,16-17H,8-13,15H2,1-3H3,(H,23,26). The molecule has 2 atom stereocenters. The summed E-state index contributed by atoms with van der Waals surface area (Å²) in [6.07, 6.45) is 1.33. The van der Waals surface area contributed by atoms with Gasteiger partial charge in [-0.15, -0.1) is 23.1 Å². The predicted molar refractivity (Wildman–Crippen MR) is 120 cm³/mol. The van der Waals surface area contributed by atoms with Crippen molar-refractivity contribution in [2.75, 3.05) is 18.8 Å². The summed E-state index contributed by atoms with van der Waals surface area (Å²) in [4.78, 5) is 19.2. The first kappa shape index (κ1) is 21.3. The van der Waals surface area contributed by atoms with E-state index in [0.717, 1.165) is 47.9 Å². The third-order valence-corrected chi connectivity index (χ3v) is 6.87. The fraction of sp³-hybridized carbons (Fsp3) is 0.545. The van der Waals surface area contributed by atoms with Crippen LogP contribution in [0.5, 0.6) is 0 Å². The Balaban J connectivity index is 1.47. The van der Waals surface area contributed by atoms with Gasteiger partial charge in [-0.1, -0.05) is 38.1 Å². The molecular formula is C22H31N3OS2. The van der Waals surface area contributed by atoms with E-state index in [1.807, 2.05) is 6.92 Å². The number of piperidine rings is 1. The number of nitrogens with zero attached hydrogens (tertiary/aromatic N) is 2. The number of carbonyl (C=O) groups is 1. The summed E-state index contributed by atoms with van der Waals surface area (Å²) in [6, 6.07) is 8.50. The Morgan fingerprint density at radius 2 is 1.96 bits per heavy atom. The van der Waals surface area contributed by atoms with Gasteiger partial charge in [0.2, 0.25) is 5.91 Å². The van der Waals surface area contributed by atoms with Gasteiger partial charge in [0.25, 0.3) is 0 Å². The summed E-state index contributed by atoms with van der Waals surface area (Å²) in [5, 5.41) is 6.24. The van der Waals surface area contributed by atoms with Gasteiger partial charge < -0.3 is 5.32 Å². The lowest BCUT2D eigenvalue weighted by Crippen LogP contribution is -2.38. The van der Waals surface area contributed by atoms with E-state index in [1.54, 1.807) is 23.1 Å². The van der Waals surface area contributed by atoms with Crippen LogP contribution in [0.25, 0.3) is 0 Å². The number of benzene rings is 1. The van der Waals surface area contributed by atoms with E-state index in [9.17, 15) is 4.79 Å². The summed E-state index contributed by atoms with van der Waals surface area (Å²) < 4.78 is 0. The monoisotopic (exact) mass is 417 g/mol. The second-order valence-electron chi connectivity index (χ2n) is 8.04. The van der Waals surface area contributed by atoms with Crippen LogP contribution in [-0.2, 0) is 23.6 Å². The number of nitrogens with one attached hydrogen (secondary N) is 1. The first-order valence-corrected chi connectivity index (χ1v) is 12.1. The summed E-state index contributed by atoms with van der Waals surface area (Å²) in [7, 11) is 0. The molecule has 0 bridgehead atoms. The molecule has 1 aromatic carbocycles. The highest BCUT2D eigenvalue weighted by Crippen LogP contribution is 2.23. The zero-order chi connectivity index (χ0) is 19.9. The summed E-state index contributed by atoms with van der Waals surface area (Å²) in [5.74, 6) is 2.87. The van der Waals surface area contributed by atoms with E-state index in [1.165, 1.54) is 17.5 Å². The van der Waals surface area contributed by atoms with Gasteiger partial charge in [0.05, 0.1) is 16.5 Å². The number of carbonyl (C=O) groups excluding carboxylic acids is 1. The van der Waals surface area contributed by atoms with Gasteiger partial charge in [-0.05, 0) is 36.3 Å². The Labute approximate surface area is 177 Å². The second-order valence-corrected chi connectivity index (χ2v) is 10.1. The lowest BCUT2D eigenvalue weighted by molar-refractivity contribution is -0.118. The zero-order valence-electron chi connectivity index (χ0n) is 17.1. The molecule has 152 valence electrons. The Morgan fingerprint density at radius 1 is 1.25 bits per heavy atom. The Kier molecular flexibility index (Phi) is 7.94. The van der Waals surface area contributed by atoms with Crippen LogP contribution >= 0.6 is 23.1 Å². The molecule has 2 heterocycles. The molecule has 1 aromatic heterocycles. The molecule has 1 fully saturated rings. The van der Waals surface area contributed by atoms with Crippen LogP contribution in [0.3, 0.4) is 0 Å². The van der Waals surface area contributed by atoms with Gasteiger partial charge in [0.1, 0.15) is 0 Å². The van der Waals surface area contributed by atoms with Crippen molar-refractivity contribution in [1.82, 2.24) is 15.2 Å². The van der Waals surface area contributed by atoms with Crippen molar-refractivity contribution in [3.8, 4) is 0 Å². The van der Waals surface area contributed by atoms with Crippen molar-refractivity contribution >= 4 is 29.0 Å². The van der Waals surface area contributed by atoms with Gasteiger partial charge in [0.15, 0.2) is 0 Å². The van der Waals surface area contributed by atoms with Crippen molar-refractivity contribution in [2.24, 2.45) is 11.8 Å². The molecule has 4 nitrogen and oxygen atoms in total. The SMILES string of the molecule is Cc1nc(CSCC(=O)NCc2ccccc2CN2CC(C)CC(C)C2)cs1. The highest BCUT2D eigenvalue weighted by Gasteiger charge is 2.22. The Hall–Kier alpha value is -1.37. The molecule has 6 heteroatoms. The number of amides is 1. The number of hydrogen-bond donors (Lipinski definition) is 1. The van der Waals surface area contributed by atoms with Gasteiger partial charge in [-0.25, -0.2) is 4.98 Å². The number of likely N-dealkylation sites (tertiary alicyclic amines) is 1. The molecule has 1 N–H and O–H groups in total. The highest BCUT2D eigenvalue weighted by molar-refractivity contribution is 7.99. The summed E-state index contributed by atoms with van der Waals surface area (Å²) in [6.45, 7) is 10.6. The Morgan fingerprint density at radius 3 is 2.64 bits per heavy atom. The maximum atomic E-state index is 12.2. The molecule has 28 heavy (non-hydrogen) atoms. The number of hydrogen-bond acceptors (Lipinski definition) is 5. The molecule has 1 saturated heterocycles. The van der Waals surface area contributed by atoms with Crippen molar-refractivity contribution < 1.29 is 4.79 Å². The van der Waals surface area contributed by atoms with E-state index in [2.05, 4.69) is 58.7 Å². The van der Waals surface area contributed by atoms with Crippen LogP contribution in [-0.4, -0.2) is 34.6 Å². The van der Waals surface area contributed by atoms with Crippen LogP contribution in [0.15, 0.2) is 29.6 Å². The number of rotatable bonds is 8. The van der Waals surface area contributed by atoms with E-state index >= 15 is 0 Å². The summed E-state index contributed by atoms with van der Waals surface area (Å²) >= 11 is 3.28. The molecule has 0 spiro atoms. The zero-order valence-corrected chi connectivity index (χ0v) is 18.7. The molecule has 3 rings (SSSR count). The van der Waals surface area contributed by atoms with Crippen LogP contribution in [0.4, 0.5) is 0 Å². The molecule has 2 unspecified atom stereocenters. The topological polar surface area (TPSA) is 45.2 Å². The maximum Gasteiger partial charge on any atom is 0.230 e. The smallest absolute Gasteiger partial charge is 0.230 e. The predicted octanol–water partition coefficient (Wildman–Crippen LogP) is 4.48. The fourth-order valence-electron chi connectivity index (χ4n) is 4.01. The average Bonchev–Trinajstić information content (AvgIpc) is 3.05. The van der Waals surface area contributed by atoms with E-state index in [4.69, 9.17) is 0 Å². The quantitative estimate of drug-likeness (QED) is 0.688. The number of aromatic nitrogens is 1. The minimum absolute atomic E-state index is 0.0898. The van der Waals surface area contributed by atoms with Crippen LogP contribution in [0, 0.1) is 18.8 Å². The highest BCUT2D eigenvalue weighted by atomic mass is 32.2. The van der Waals surface area contributed by atoms with Crippen molar-refractivity contribution in [2.45, 2.75) is 46.0 Å². The first-order chi connectivity index (χ1) is 13.5. The summed E-state index contributed by atoms with van der Waals surface area (Å²) in [5.41, 5.74) is 3.62. The number of aryl methyl sites for hydroxylation is 1. The maximum absolute atomic E-state index is 12.2. The Bertz CT molecular complexity index is 767. The molecular weight excluding hydrogens is 386 g/mol. The van der Waals surface area contributed by atoms with Crippen LogP contribution in [0.2, 0.25) is 0 Å². The lowest BCUT2D eigenvalue weighted by Gasteiger charge is -2.35. The molecule has 2 aromatic rings.